The molecule has 6 rings (SSSR count). The molecule has 230 valence electrons. The van der Waals surface area contributed by atoms with Gasteiger partial charge in [0.15, 0.2) is 5.69 Å². The second kappa shape index (κ2) is 12.0. The summed E-state index contributed by atoms with van der Waals surface area (Å²) >= 11 is 12.9. The first-order chi connectivity index (χ1) is 21.0. The molecule has 3 aliphatic rings. The van der Waals surface area contributed by atoms with Gasteiger partial charge >= 0.3 is 6.09 Å². The number of aromatic nitrogens is 2. The second-order valence-corrected chi connectivity index (χ2v) is 13.2. The van der Waals surface area contributed by atoms with Gasteiger partial charge in [-0.15, -0.1) is 0 Å². The molecule has 9 nitrogen and oxygen atoms in total. The fraction of sp³-hybridized carbons (Fsp3) is 0.364. The van der Waals surface area contributed by atoms with Gasteiger partial charge in [-0.05, 0) is 87.1 Å². The Balaban J connectivity index is 1.47. The smallest absolute Gasteiger partial charge is 0.410 e. The van der Waals surface area contributed by atoms with Gasteiger partial charge in [0.05, 0.1) is 36.6 Å². The molecule has 2 aromatic carbocycles. The van der Waals surface area contributed by atoms with Crippen molar-refractivity contribution in [2.45, 2.75) is 45.8 Å². The highest BCUT2D eigenvalue weighted by atomic mass is 35.5. The molecule has 11 heteroatoms. The van der Waals surface area contributed by atoms with E-state index in [1.807, 2.05) is 56.1 Å². The Bertz CT molecular complexity index is 1670. The van der Waals surface area contributed by atoms with Gasteiger partial charge in [0.2, 0.25) is 0 Å². The summed E-state index contributed by atoms with van der Waals surface area (Å²) in [6, 6.07) is 12.8. The van der Waals surface area contributed by atoms with Crippen molar-refractivity contribution in [1.82, 2.24) is 25.1 Å². The summed E-state index contributed by atoms with van der Waals surface area (Å²) in [6.07, 6.45) is 5.96. The third kappa shape index (κ3) is 6.22. The molecule has 1 aliphatic carbocycles. The molecule has 44 heavy (non-hydrogen) atoms. The van der Waals surface area contributed by atoms with Gasteiger partial charge in [0.25, 0.3) is 5.91 Å². The van der Waals surface area contributed by atoms with Crippen LogP contribution in [0.1, 0.15) is 60.9 Å². The van der Waals surface area contributed by atoms with Crippen LogP contribution in [-0.4, -0.2) is 64.0 Å². The summed E-state index contributed by atoms with van der Waals surface area (Å²) in [4.78, 5) is 29.0. The number of carbonyl (C=O) groups excluding carboxylic acids is 2. The number of benzene rings is 2. The lowest BCUT2D eigenvalue weighted by molar-refractivity contribution is 0.0253. The van der Waals surface area contributed by atoms with Crippen molar-refractivity contribution in [3.05, 3.63) is 86.7 Å². The van der Waals surface area contributed by atoms with Crippen molar-refractivity contribution in [3.63, 3.8) is 0 Å². The number of rotatable bonds is 5. The number of hydrazine groups is 1. The van der Waals surface area contributed by atoms with Crippen molar-refractivity contribution in [2.24, 2.45) is 5.92 Å². The normalized spacial score (nSPS) is 19.0. The number of fused-ring (bicyclic) bond motifs is 2. The van der Waals surface area contributed by atoms with Crippen LogP contribution in [0.5, 0.6) is 5.75 Å². The lowest BCUT2D eigenvalue weighted by atomic mass is 9.97. The van der Waals surface area contributed by atoms with E-state index in [0.717, 1.165) is 36.3 Å². The predicted molar refractivity (Wildman–Crippen MR) is 171 cm³/mol. The van der Waals surface area contributed by atoms with Crippen molar-refractivity contribution in [2.75, 3.05) is 26.7 Å². The van der Waals surface area contributed by atoms with Crippen LogP contribution in [-0.2, 0) is 11.3 Å². The topological polar surface area (TPSA) is 88.9 Å². The van der Waals surface area contributed by atoms with E-state index in [0.29, 0.717) is 39.5 Å². The summed E-state index contributed by atoms with van der Waals surface area (Å²) in [5.74, 6) is 0.850. The van der Waals surface area contributed by atoms with Gasteiger partial charge in [0, 0.05) is 23.7 Å². The molecule has 1 saturated heterocycles. The molecule has 0 saturated carbocycles. The summed E-state index contributed by atoms with van der Waals surface area (Å²) in [7, 11) is 1.62. The standard InChI is InChI=1S/C33H35Cl2N5O4/c1-33(2,3)44-32(42)38-16-23(14-20-8-11-25(43-4)12-9-20)30-26(19-38)29(36-40(30)28-13-10-24(34)15-27(28)35)31(41)37-39-17-21-6-5-7-22(21)18-39/h6,8-15,22H,5,7,16-19H2,1-4H3,(H,37,41). The molecule has 0 spiro atoms. The molecule has 2 aliphatic heterocycles. The minimum absolute atomic E-state index is 0.131. The highest BCUT2D eigenvalue weighted by Gasteiger charge is 2.37. The first-order valence-electron chi connectivity index (χ1n) is 14.6. The van der Waals surface area contributed by atoms with Crippen molar-refractivity contribution >= 4 is 46.9 Å². The fourth-order valence-corrected chi connectivity index (χ4v) is 6.48. The highest BCUT2D eigenvalue weighted by molar-refractivity contribution is 6.35. The van der Waals surface area contributed by atoms with Crippen LogP contribution in [0.2, 0.25) is 10.0 Å². The zero-order valence-electron chi connectivity index (χ0n) is 25.2. The largest absolute Gasteiger partial charge is 0.497 e. The Kier molecular flexibility index (Phi) is 8.22. The van der Waals surface area contributed by atoms with Gasteiger partial charge in [-0.2, -0.15) is 5.10 Å². The molecule has 1 aromatic heterocycles. The maximum Gasteiger partial charge on any atom is 0.410 e. The van der Waals surface area contributed by atoms with E-state index in [2.05, 4.69) is 11.5 Å². The SMILES string of the molecule is COc1ccc(C=C2CN(C(=O)OC(C)(C)C)Cc3c(C(=O)NN4CC5=CCCC5C4)nn(-c4ccc(Cl)cc4Cl)c32)cc1. The number of carbonyl (C=O) groups is 2. The van der Waals surface area contributed by atoms with Crippen molar-refractivity contribution < 1.29 is 19.1 Å². The van der Waals surface area contributed by atoms with Gasteiger partial charge < -0.3 is 9.47 Å². The number of amides is 2. The molecular formula is C33H35Cl2N5O4. The Morgan fingerprint density at radius 3 is 2.52 bits per heavy atom. The first kappa shape index (κ1) is 30.2. The van der Waals surface area contributed by atoms with Crippen molar-refractivity contribution in [1.29, 1.82) is 0 Å². The third-order valence-corrected chi connectivity index (χ3v) is 8.52. The Morgan fingerprint density at radius 2 is 1.84 bits per heavy atom. The molecule has 0 radical (unpaired) electrons. The number of hydrogen-bond donors (Lipinski definition) is 1. The van der Waals surface area contributed by atoms with E-state index >= 15 is 0 Å². The number of nitrogens with one attached hydrogen (secondary N) is 1. The van der Waals surface area contributed by atoms with E-state index in [-0.39, 0.29) is 24.7 Å². The number of halogens is 2. The molecular weight excluding hydrogens is 601 g/mol. The molecule has 1 N–H and O–H groups in total. The van der Waals surface area contributed by atoms with E-state index in [1.165, 1.54) is 5.57 Å². The van der Waals surface area contributed by atoms with Crippen LogP contribution >= 0.6 is 23.2 Å². The van der Waals surface area contributed by atoms with Gasteiger partial charge in [-0.1, -0.05) is 47.0 Å². The molecule has 1 unspecified atom stereocenters. The predicted octanol–water partition coefficient (Wildman–Crippen LogP) is 6.78. The average molecular weight is 637 g/mol. The molecule has 1 atom stereocenters. The van der Waals surface area contributed by atoms with Crippen LogP contribution in [0.3, 0.4) is 0 Å². The number of hydrogen-bond acceptors (Lipinski definition) is 6. The summed E-state index contributed by atoms with van der Waals surface area (Å²) in [5, 5.41) is 7.66. The Hall–Kier alpha value is -3.79. The quantitative estimate of drug-likeness (QED) is 0.311. The maximum absolute atomic E-state index is 13.9. The van der Waals surface area contributed by atoms with Crippen LogP contribution < -0.4 is 10.2 Å². The lowest BCUT2D eigenvalue weighted by Gasteiger charge is -2.32. The number of allylic oxidation sites excluding steroid dienone is 1. The molecule has 0 bridgehead atoms. The van der Waals surface area contributed by atoms with E-state index in [4.69, 9.17) is 37.8 Å². The monoisotopic (exact) mass is 635 g/mol. The summed E-state index contributed by atoms with van der Waals surface area (Å²) in [6.45, 7) is 7.29. The van der Waals surface area contributed by atoms with Gasteiger partial charge in [0.1, 0.15) is 11.4 Å². The number of ether oxygens (including phenoxy) is 2. The van der Waals surface area contributed by atoms with E-state index in [1.54, 1.807) is 34.9 Å². The van der Waals surface area contributed by atoms with Crippen LogP contribution in [0, 0.1) is 5.92 Å². The average Bonchev–Trinajstić information content (AvgIpc) is 3.66. The van der Waals surface area contributed by atoms with Crippen LogP contribution in [0.25, 0.3) is 17.3 Å². The molecule has 3 heterocycles. The lowest BCUT2D eigenvalue weighted by Crippen LogP contribution is -2.42. The van der Waals surface area contributed by atoms with Gasteiger partial charge in [-0.3, -0.25) is 15.1 Å². The zero-order valence-corrected chi connectivity index (χ0v) is 26.7. The first-order valence-corrected chi connectivity index (χ1v) is 15.4. The number of methoxy groups -OCH3 is 1. The zero-order chi connectivity index (χ0) is 31.2. The highest BCUT2D eigenvalue weighted by Crippen LogP contribution is 2.37. The second-order valence-electron chi connectivity index (χ2n) is 12.3. The van der Waals surface area contributed by atoms with Crippen LogP contribution in [0.4, 0.5) is 4.79 Å². The third-order valence-electron chi connectivity index (χ3n) is 7.98. The van der Waals surface area contributed by atoms with E-state index < -0.39 is 11.7 Å². The summed E-state index contributed by atoms with van der Waals surface area (Å²) < 4.78 is 12.8. The number of nitrogens with zero attached hydrogens (tertiary/aromatic N) is 4. The molecule has 1 fully saturated rings. The Labute approximate surface area is 267 Å². The minimum atomic E-state index is -0.694. The minimum Gasteiger partial charge on any atom is -0.497 e. The fourth-order valence-electron chi connectivity index (χ4n) is 5.99. The maximum atomic E-state index is 13.9. The van der Waals surface area contributed by atoms with Crippen LogP contribution in [0.15, 0.2) is 54.1 Å². The van der Waals surface area contributed by atoms with Crippen molar-refractivity contribution in [3.8, 4) is 11.4 Å². The van der Waals surface area contributed by atoms with E-state index in [9.17, 15) is 9.59 Å². The summed E-state index contributed by atoms with van der Waals surface area (Å²) in [5.41, 5.74) is 7.47. The molecule has 3 aromatic rings. The Morgan fingerprint density at radius 1 is 1.07 bits per heavy atom. The van der Waals surface area contributed by atoms with Gasteiger partial charge in [-0.25, -0.2) is 14.5 Å². The molecule has 2 amide bonds.